The first-order valence-corrected chi connectivity index (χ1v) is 10.1. The Bertz CT molecular complexity index is 1250. The second-order valence-corrected chi connectivity index (χ2v) is 7.70. The van der Waals surface area contributed by atoms with Crippen LogP contribution in [0.4, 0.5) is 11.6 Å². The number of fused-ring (bicyclic) bond motifs is 1. The molecule has 0 bridgehead atoms. The number of rotatable bonds is 5. The van der Waals surface area contributed by atoms with Crippen molar-refractivity contribution in [3.8, 4) is 11.5 Å². The normalized spacial score (nSPS) is 10.8. The van der Waals surface area contributed by atoms with Crippen molar-refractivity contribution in [2.75, 3.05) is 12.4 Å². The molecular weight excluding hydrogens is 446 g/mol. The molecule has 2 N–H and O–H groups in total. The first-order valence-electron chi connectivity index (χ1n) is 9.30. The summed E-state index contributed by atoms with van der Waals surface area (Å²) >= 11 is 3.49. The number of anilines is 2. The lowest BCUT2D eigenvalue weighted by Gasteiger charge is -2.09. The number of amides is 1. The van der Waals surface area contributed by atoms with Gasteiger partial charge in [-0.05, 0) is 48.9 Å². The van der Waals surface area contributed by atoms with Crippen LogP contribution in [-0.2, 0) is 7.05 Å². The molecule has 152 valence electrons. The van der Waals surface area contributed by atoms with Crippen LogP contribution >= 0.6 is 15.9 Å². The second-order valence-electron chi connectivity index (χ2n) is 6.79. The predicted octanol–water partition coefficient (Wildman–Crippen LogP) is 4.93. The Morgan fingerprint density at radius 1 is 1.10 bits per heavy atom. The molecule has 0 unspecified atom stereocenters. The van der Waals surface area contributed by atoms with Crippen LogP contribution < -0.4 is 15.4 Å². The summed E-state index contributed by atoms with van der Waals surface area (Å²) in [6.07, 6.45) is 1.54. The Morgan fingerprint density at radius 2 is 1.90 bits per heavy atom. The minimum absolute atomic E-state index is 0.264. The van der Waals surface area contributed by atoms with Gasteiger partial charge in [0.1, 0.15) is 17.2 Å². The van der Waals surface area contributed by atoms with Crippen LogP contribution in [0.15, 0.2) is 59.2 Å². The van der Waals surface area contributed by atoms with Gasteiger partial charge in [-0.2, -0.15) is 0 Å². The summed E-state index contributed by atoms with van der Waals surface area (Å²) in [5.41, 5.74) is 4.18. The fraction of sp³-hybridized carbons (Fsp3) is 0.136. The molecular formula is C22H20BrN5O2. The van der Waals surface area contributed by atoms with Gasteiger partial charge in [0.15, 0.2) is 0 Å². The molecule has 0 aliphatic heterocycles. The summed E-state index contributed by atoms with van der Waals surface area (Å²) in [5.74, 6) is 1.63. The van der Waals surface area contributed by atoms with Gasteiger partial charge in [0.2, 0.25) is 5.95 Å². The fourth-order valence-corrected chi connectivity index (χ4v) is 3.58. The number of halogens is 1. The van der Waals surface area contributed by atoms with Crippen molar-refractivity contribution in [3.05, 3.63) is 70.5 Å². The van der Waals surface area contributed by atoms with Gasteiger partial charge < -0.3 is 19.9 Å². The molecule has 0 radical (unpaired) electrons. The van der Waals surface area contributed by atoms with Gasteiger partial charge >= 0.3 is 0 Å². The van der Waals surface area contributed by atoms with E-state index < -0.39 is 0 Å². The van der Waals surface area contributed by atoms with Crippen molar-refractivity contribution in [3.63, 3.8) is 0 Å². The number of aromatic nitrogens is 3. The SMILES string of the molecule is CNC(=O)c1cc(Oc2ccc3c(c2)nc(Nc2ccc(Br)cc2C)n3C)ccn1. The Labute approximate surface area is 182 Å². The van der Waals surface area contributed by atoms with Crippen molar-refractivity contribution in [1.82, 2.24) is 19.9 Å². The van der Waals surface area contributed by atoms with Gasteiger partial charge in [-0.1, -0.05) is 15.9 Å². The maximum atomic E-state index is 11.8. The third kappa shape index (κ3) is 3.99. The number of pyridine rings is 1. The summed E-state index contributed by atoms with van der Waals surface area (Å²) in [5, 5.41) is 5.94. The predicted molar refractivity (Wildman–Crippen MR) is 121 cm³/mol. The molecule has 0 saturated heterocycles. The highest BCUT2D eigenvalue weighted by Crippen LogP contribution is 2.29. The summed E-state index contributed by atoms with van der Waals surface area (Å²) < 4.78 is 8.96. The van der Waals surface area contributed by atoms with Crippen LogP contribution in [-0.4, -0.2) is 27.5 Å². The van der Waals surface area contributed by atoms with Crippen LogP contribution in [0.5, 0.6) is 11.5 Å². The molecule has 0 aliphatic carbocycles. The molecule has 0 atom stereocenters. The first kappa shape index (κ1) is 19.9. The van der Waals surface area contributed by atoms with E-state index in [0.29, 0.717) is 17.2 Å². The van der Waals surface area contributed by atoms with Crippen molar-refractivity contribution < 1.29 is 9.53 Å². The zero-order valence-electron chi connectivity index (χ0n) is 16.7. The summed E-state index contributed by atoms with van der Waals surface area (Å²) in [6, 6.07) is 15.1. The van der Waals surface area contributed by atoms with Gasteiger partial charge in [-0.15, -0.1) is 0 Å². The molecule has 7 nitrogen and oxygen atoms in total. The third-order valence-corrected chi connectivity index (χ3v) is 5.21. The van der Waals surface area contributed by atoms with Gasteiger partial charge in [0.05, 0.1) is 11.0 Å². The highest BCUT2D eigenvalue weighted by Gasteiger charge is 2.12. The fourth-order valence-electron chi connectivity index (χ4n) is 3.11. The van der Waals surface area contributed by atoms with Crippen LogP contribution in [0, 0.1) is 6.92 Å². The molecule has 8 heteroatoms. The smallest absolute Gasteiger partial charge is 0.269 e. The van der Waals surface area contributed by atoms with Gasteiger partial charge in [0, 0.05) is 42.6 Å². The number of hydrogen-bond acceptors (Lipinski definition) is 5. The van der Waals surface area contributed by atoms with Crippen molar-refractivity contribution in [1.29, 1.82) is 0 Å². The second kappa shape index (κ2) is 8.16. The monoisotopic (exact) mass is 465 g/mol. The summed E-state index contributed by atoms with van der Waals surface area (Å²) in [7, 11) is 3.53. The third-order valence-electron chi connectivity index (χ3n) is 4.71. The van der Waals surface area contributed by atoms with E-state index in [2.05, 4.69) is 37.6 Å². The highest BCUT2D eigenvalue weighted by molar-refractivity contribution is 9.10. The van der Waals surface area contributed by atoms with E-state index >= 15 is 0 Å². The molecule has 0 spiro atoms. The van der Waals surface area contributed by atoms with Crippen molar-refractivity contribution in [2.24, 2.45) is 7.05 Å². The molecule has 0 aliphatic rings. The Kier molecular flexibility index (Phi) is 5.41. The Balaban J connectivity index is 1.61. The standard InChI is InChI=1S/C22H20BrN5O2/c1-13-10-14(23)4-6-17(13)26-22-27-18-11-15(5-7-20(18)28(22)3)30-16-8-9-25-19(12-16)21(29)24-2/h4-12H,1-3H3,(H,24,29)(H,26,27). The summed E-state index contributed by atoms with van der Waals surface area (Å²) in [4.78, 5) is 20.5. The van der Waals surface area contributed by atoms with Crippen LogP contribution in [0.25, 0.3) is 11.0 Å². The number of hydrogen-bond donors (Lipinski definition) is 2. The molecule has 1 amide bonds. The van der Waals surface area contributed by atoms with Crippen LogP contribution in [0.2, 0.25) is 0 Å². The van der Waals surface area contributed by atoms with E-state index in [0.717, 1.165) is 32.7 Å². The molecule has 4 rings (SSSR count). The van der Waals surface area contributed by atoms with Gasteiger partial charge in [-0.3, -0.25) is 9.78 Å². The lowest BCUT2D eigenvalue weighted by Crippen LogP contribution is -2.18. The maximum absolute atomic E-state index is 11.8. The molecule has 2 aromatic heterocycles. The number of nitrogens with zero attached hydrogens (tertiary/aromatic N) is 3. The number of imidazole rings is 1. The molecule has 30 heavy (non-hydrogen) atoms. The molecule has 2 heterocycles. The van der Waals surface area contributed by atoms with E-state index in [1.807, 2.05) is 48.9 Å². The zero-order valence-corrected chi connectivity index (χ0v) is 18.3. The van der Waals surface area contributed by atoms with Crippen LogP contribution in [0.1, 0.15) is 16.1 Å². The maximum Gasteiger partial charge on any atom is 0.269 e. The molecule has 0 saturated carbocycles. The molecule has 2 aromatic carbocycles. The number of carbonyl (C=O) groups excluding carboxylic acids is 1. The van der Waals surface area contributed by atoms with E-state index in [1.165, 1.54) is 0 Å². The van der Waals surface area contributed by atoms with Gasteiger partial charge in [-0.25, -0.2) is 4.98 Å². The number of benzene rings is 2. The minimum atomic E-state index is -0.264. The highest BCUT2D eigenvalue weighted by atomic mass is 79.9. The van der Waals surface area contributed by atoms with E-state index in [1.54, 1.807) is 25.4 Å². The quantitative estimate of drug-likeness (QED) is 0.436. The largest absolute Gasteiger partial charge is 0.457 e. The topological polar surface area (TPSA) is 81.1 Å². The van der Waals surface area contributed by atoms with Crippen molar-refractivity contribution >= 4 is 44.5 Å². The lowest BCUT2D eigenvalue weighted by molar-refractivity contribution is 0.0958. The number of carbonyl (C=O) groups is 1. The van der Waals surface area contributed by atoms with Gasteiger partial charge in [0.25, 0.3) is 5.91 Å². The summed E-state index contributed by atoms with van der Waals surface area (Å²) in [6.45, 7) is 2.05. The lowest BCUT2D eigenvalue weighted by atomic mass is 10.2. The minimum Gasteiger partial charge on any atom is -0.457 e. The number of aryl methyl sites for hydroxylation is 2. The Morgan fingerprint density at radius 3 is 2.67 bits per heavy atom. The van der Waals surface area contributed by atoms with E-state index in [4.69, 9.17) is 9.72 Å². The molecule has 0 fully saturated rings. The Hall–Kier alpha value is -3.39. The first-order chi connectivity index (χ1) is 14.4. The average Bonchev–Trinajstić information content (AvgIpc) is 3.04. The average molecular weight is 466 g/mol. The van der Waals surface area contributed by atoms with Crippen LogP contribution in [0.3, 0.4) is 0 Å². The molecule has 4 aromatic rings. The van der Waals surface area contributed by atoms with Crippen molar-refractivity contribution in [2.45, 2.75) is 6.92 Å². The number of nitrogens with one attached hydrogen (secondary N) is 2. The zero-order chi connectivity index (χ0) is 21.3. The number of ether oxygens (including phenoxy) is 1. The van der Waals surface area contributed by atoms with E-state index in [9.17, 15) is 4.79 Å². The van der Waals surface area contributed by atoms with E-state index in [-0.39, 0.29) is 5.91 Å².